The van der Waals surface area contributed by atoms with Gasteiger partial charge in [-0.1, -0.05) is 13.8 Å². The summed E-state index contributed by atoms with van der Waals surface area (Å²) in [6.07, 6.45) is 1.64. The van der Waals surface area contributed by atoms with Gasteiger partial charge in [0.1, 0.15) is 0 Å². The summed E-state index contributed by atoms with van der Waals surface area (Å²) in [4.78, 5) is 2.44. The Morgan fingerprint density at radius 2 is 2.30 bits per heavy atom. The van der Waals surface area contributed by atoms with Crippen LogP contribution in [0, 0.1) is 0 Å². The van der Waals surface area contributed by atoms with Crippen LogP contribution in [0.25, 0.3) is 0 Å². The number of morpholine rings is 1. The van der Waals surface area contributed by atoms with Crippen LogP contribution in [0.3, 0.4) is 0 Å². The zero-order chi connectivity index (χ0) is 7.40. The second-order valence-corrected chi connectivity index (χ2v) is 2.79. The van der Waals surface area contributed by atoms with Crippen molar-refractivity contribution in [1.82, 2.24) is 4.90 Å². The second kappa shape index (κ2) is 3.94. The molecular weight excluding hydrogens is 126 g/mol. The Kier molecular flexibility index (Phi) is 3.16. The summed E-state index contributed by atoms with van der Waals surface area (Å²) in [7, 11) is 0. The topological polar surface area (TPSA) is 12.5 Å². The molecule has 1 atom stereocenters. The molecule has 1 rings (SSSR count). The average molecular weight is 143 g/mol. The van der Waals surface area contributed by atoms with Crippen molar-refractivity contribution in [1.29, 1.82) is 0 Å². The Bertz CT molecular complexity index is 85.3. The van der Waals surface area contributed by atoms with E-state index < -0.39 is 0 Å². The normalized spacial score (nSPS) is 28.8. The van der Waals surface area contributed by atoms with Gasteiger partial charge in [0.25, 0.3) is 0 Å². The van der Waals surface area contributed by atoms with Crippen LogP contribution in [0.15, 0.2) is 0 Å². The lowest BCUT2D eigenvalue weighted by Gasteiger charge is -2.31. The van der Waals surface area contributed by atoms with Crippen molar-refractivity contribution in [2.75, 3.05) is 26.2 Å². The molecular formula is C8H17NO. The minimum absolute atomic E-state index is 0.494. The first-order valence-corrected chi connectivity index (χ1v) is 4.20. The Morgan fingerprint density at radius 3 is 2.90 bits per heavy atom. The van der Waals surface area contributed by atoms with E-state index in [1.54, 1.807) is 0 Å². The molecule has 0 amide bonds. The van der Waals surface area contributed by atoms with E-state index in [1.165, 1.54) is 6.54 Å². The van der Waals surface area contributed by atoms with Gasteiger partial charge >= 0.3 is 0 Å². The van der Waals surface area contributed by atoms with E-state index >= 15 is 0 Å². The van der Waals surface area contributed by atoms with Gasteiger partial charge in [0.2, 0.25) is 0 Å². The molecule has 0 bridgehead atoms. The van der Waals surface area contributed by atoms with Crippen LogP contribution in [0.2, 0.25) is 0 Å². The van der Waals surface area contributed by atoms with E-state index in [9.17, 15) is 0 Å². The smallest absolute Gasteiger partial charge is 0.0700 e. The zero-order valence-electron chi connectivity index (χ0n) is 6.97. The number of hydrogen-bond donors (Lipinski definition) is 0. The highest BCUT2D eigenvalue weighted by Gasteiger charge is 2.16. The Balaban J connectivity index is 2.25. The Hall–Kier alpha value is -0.0800. The fourth-order valence-corrected chi connectivity index (χ4v) is 1.31. The van der Waals surface area contributed by atoms with Crippen LogP contribution in [0.4, 0.5) is 0 Å². The van der Waals surface area contributed by atoms with Crippen LogP contribution < -0.4 is 0 Å². The van der Waals surface area contributed by atoms with Crippen molar-refractivity contribution in [2.24, 2.45) is 0 Å². The van der Waals surface area contributed by atoms with Gasteiger partial charge < -0.3 is 4.74 Å². The Labute approximate surface area is 63.2 Å². The molecule has 0 saturated carbocycles. The first kappa shape index (κ1) is 8.02. The lowest BCUT2D eigenvalue weighted by Crippen LogP contribution is -2.41. The quantitative estimate of drug-likeness (QED) is 0.574. The summed E-state index contributed by atoms with van der Waals surface area (Å²) >= 11 is 0. The van der Waals surface area contributed by atoms with E-state index in [4.69, 9.17) is 4.74 Å². The van der Waals surface area contributed by atoms with Crippen LogP contribution in [0.1, 0.15) is 20.3 Å². The van der Waals surface area contributed by atoms with Gasteiger partial charge in [-0.3, -0.25) is 4.90 Å². The number of rotatable bonds is 2. The maximum absolute atomic E-state index is 5.52. The van der Waals surface area contributed by atoms with Gasteiger partial charge in [0.05, 0.1) is 12.7 Å². The highest BCUT2D eigenvalue weighted by molar-refractivity contribution is 4.68. The molecule has 2 nitrogen and oxygen atoms in total. The number of likely N-dealkylation sites (N-methyl/N-ethyl adjacent to an activating group) is 1. The summed E-state index contributed by atoms with van der Waals surface area (Å²) in [6.45, 7) is 8.73. The molecule has 0 aliphatic carbocycles. The third-order valence-corrected chi connectivity index (χ3v) is 2.13. The summed E-state index contributed by atoms with van der Waals surface area (Å²) in [5, 5.41) is 0. The lowest BCUT2D eigenvalue weighted by atomic mass is 10.2. The SMILES string of the molecule is CC[C@@H]1CN(CC)CCO1. The number of nitrogens with zero attached hydrogens (tertiary/aromatic N) is 1. The summed E-state index contributed by atoms with van der Waals surface area (Å²) < 4.78 is 5.52. The average Bonchev–Trinajstić information content (AvgIpc) is 2.05. The van der Waals surface area contributed by atoms with E-state index in [0.29, 0.717) is 6.10 Å². The van der Waals surface area contributed by atoms with Crippen molar-refractivity contribution in [3.8, 4) is 0 Å². The zero-order valence-corrected chi connectivity index (χ0v) is 6.97. The van der Waals surface area contributed by atoms with Gasteiger partial charge in [-0.25, -0.2) is 0 Å². The second-order valence-electron chi connectivity index (χ2n) is 2.79. The van der Waals surface area contributed by atoms with Crippen molar-refractivity contribution in [3.63, 3.8) is 0 Å². The first-order valence-electron chi connectivity index (χ1n) is 4.20. The van der Waals surface area contributed by atoms with E-state index in [2.05, 4.69) is 18.7 Å². The van der Waals surface area contributed by atoms with Crippen molar-refractivity contribution in [2.45, 2.75) is 26.4 Å². The summed E-state index contributed by atoms with van der Waals surface area (Å²) in [5.41, 5.74) is 0. The molecule has 1 heterocycles. The van der Waals surface area contributed by atoms with Crippen molar-refractivity contribution >= 4 is 0 Å². The summed E-state index contributed by atoms with van der Waals surface area (Å²) in [5.74, 6) is 0. The molecule has 1 saturated heterocycles. The molecule has 0 N–H and O–H groups in total. The molecule has 0 unspecified atom stereocenters. The number of ether oxygens (including phenoxy) is 1. The minimum atomic E-state index is 0.494. The fourth-order valence-electron chi connectivity index (χ4n) is 1.31. The van der Waals surface area contributed by atoms with Crippen LogP contribution >= 0.6 is 0 Å². The van der Waals surface area contributed by atoms with Gasteiger partial charge in [-0.05, 0) is 13.0 Å². The van der Waals surface area contributed by atoms with E-state index in [1.807, 2.05) is 0 Å². The maximum Gasteiger partial charge on any atom is 0.0700 e. The van der Waals surface area contributed by atoms with Gasteiger partial charge in [-0.2, -0.15) is 0 Å². The fraction of sp³-hybridized carbons (Fsp3) is 1.00. The molecule has 1 fully saturated rings. The maximum atomic E-state index is 5.52. The molecule has 0 spiro atoms. The number of hydrogen-bond acceptors (Lipinski definition) is 2. The molecule has 1 aliphatic rings. The van der Waals surface area contributed by atoms with Crippen molar-refractivity contribution < 1.29 is 4.74 Å². The molecule has 60 valence electrons. The van der Waals surface area contributed by atoms with Crippen LogP contribution in [-0.2, 0) is 4.74 Å². The third-order valence-electron chi connectivity index (χ3n) is 2.13. The first-order chi connectivity index (χ1) is 4.86. The van der Waals surface area contributed by atoms with Gasteiger partial charge in [-0.15, -0.1) is 0 Å². The molecule has 2 heteroatoms. The molecule has 0 aromatic carbocycles. The van der Waals surface area contributed by atoms with Crippen LogP contribution in [0.5, 0.6) is 0 Å². The molecule has 0 radical (unpaired) electrons. The summed E-state index contributed by atoms with van der Waals surface area (Å²) in [6, 6.07) is 0. The standard InChI is InChI=1S/C8H17NO/c1-3-8-7-9(4-2)5-6-10-8/h8H,3-7H2,1-2H3/t8-/m1/s1. The van der Waals surface area contributed by atoms with E-state index in [0.717, 1.165) is 26.1 Å². The highest BCUT2D eigenvalue weighted by atomic mass is 16.5. The molecule has 1 aliphatic heterocycles. The highest BCUT2D eigenvalue weighted by Crippen LogP contribution is 2.06. The molecule has 0 aromatic rings. The molecule has 0 aromatic heterocycles. The predicted molar refractivity (Wildman–Crippen MR) is 42.1 cm³/mol. The monoisotopic (exact) mass is 143 g/mol. The molecule has 10 heavy (non-hydrogen) atoms. The van der Waals surface area contributed by atoms with Crippen LogP contribution in [-0.4, -0.2) is 37.2 Å². The van der Waals surface area contributed by atoms with E-state index in [-0.39, 0.29) is 0 Å². The van der Waals surface area contributed by atoms with Crippen molar-refractivity contribution in [3.05, 3.63) is 0 Å². The Morgan fingerprint density at radius 1 is 1.50 bits per heavy atom. The minimum Gasteiger partial charge on any atom is -0.376 e. The van der Waals surface area contributed by atoms with Gasteiger partial charge in [0.15, 0.2) is 0 Å². The lowest BCUT2D eigenvalue weighted by molar-refractivity contribution is -0.0278. The third kappa shape index (κ3) is 1.96. The largest absolute Gasteiger partial charge is 0.376 e. The van der Waals surface area contributed by atoms with Gasteiger partial charge in [0, 0.05) is 13.1 Å². The predicted octanol–water partition coefficient (Wildman–Crippen LogP) is 1.12.